The van der Waals surface area contributed by atoms with Crippen molar-refractivity contribution in [3.05, 3.63) is 34.6 Å². The van der Waals surface area contributed by atoms with Gasteiger partial charge in [-0.05, 0) is 19.3 Å². The number of hydrogen-bond donors (Lipinski definition) is 0. The average molecular weight is 364 g/mol. The molecule has 0 saturated carbocycles. The molecule has 25 heavy (non-hydrogen) atoms. The summed E-state index contributed by atoms with van der Waals surface area (Å²) in [6.07, 6.45) is 6.06. The van der Waals surface area contributed by atoms with Crippen LogP contribution in [0.1, 0.15) is 25.0 Å². The van der Waals surface area contributed by atoms with Crippen molar-refractivity contribution < 1.29 is 13.9 Å². The lowest BCUT2D eigenvalue weighted by molar-refractivity contribution is -0.134. The minimum Gasteiger partial charge on any atom is -0.477 e. The van der Waals surface area contributed by atoms with E-state index in [1.165, 1.54) is 24.1 Å². The second-order valence-corrected chi connectivity index (χ2v) is 6.76. The third-order valence-corrected chi connectivity index (χ3v) is 4.98. The van der Waals surface area contributed by atoms with Crippen LogP contribution in [0.4, 0.5) is 0 Å². The minimum absolute atomic E-state index is 0.0535. The Morgan fingerprint density at radius 3 is 2.84 bits per heavy atom. The Morgan fingerprint density at radius 2 is 2.16 bits per heavy atom. The van der Waals surface area contributed by atoms with Gasteiger partial charge in [0.15, 0.2) is 11.8 Å². The first-order chi connectivity index (χ1) is 12.1. The monoisotopic (exact) mass is 364 g/mol. The van der Waals surface area contributed by atoms with Crippen LogP contribution in [0.15, 0.2) is 33.0 Å². The van der Waals surface area contributed by atoms with E-state index in [4.69, 9.17) is 9.15 Å². The first-order valence-corrected chi connectivity index (χ1v) is 9.11. The van der Waals surface area contributed by atoms with Crippen LogP contribution in [0.3, 0.4) is 0 Å². The summed E-state index contributed by atoms with van der Waals surface area (Å²) < 4.78 is 12.6. The fourth-order valence-corrected chi connectivity index (χ4v) is 3.31. The summed E-state index contributed by atoms with van der Waals surface area (Å²) in [4.78, 5) is 25.9. The van der Waals surface area contributed by atoms with Crippen molar-refractivity contribution in [2.45, 2.75) is 30.2 Å². The molecule has 0 spiro atoms. The number of amides is 1. The highest BCUT2D eigenvalue weighted by atomic mass is 32.2. The predicted molar refractivity (Wildman–Crippen MR) is 91.5 cm³/mol. The maximum atomic E-state index is 12.1. The van der Waals surface area contributed by atoms with E-state index in [0.717, 1.165) is 37.5 Å². The molecule has 0 radical (unpaired) electrons. The number of carbonyl (C=O) groups excluding carboxylic acids is 1. The molecule has 0 atom stereocenters. The van der Waals surface area contributed by atoms with E-state index < -0.39 is 0 Å². The third kappa shape index (κ3) is 4.62. The number of nitrogens with zero attached hydrogens (tertiary/aromatic N) is 4. The molecular formula is C16H20N4O4S. The van der Waals surface area contributed by atoms with Crippen molar-refractivity contribution in [3.8, 4) is 5.75 Å². The van der Waals surface area contributed by atoms with Crippen LogP contribution in [0, 0.1) is 0 Å². The summed E-state index contributed by atoms with van der Waals surface area (Å²) >= 11 is 1.41. The summed E-state index contributed by atoms with van der Waals surface area (Å²) in [6.45, 7) is 1.38. The van der Waals surface area contributed by atoms with Gasteiger partial charge in [0.2, 0.25) is 11.2 Å². The van der Waals surface area contributed by atoms with Gasteiger partial charge >= 0.3 is 0 Å². The maximum Gasteiger partial charge on any atom is 0.260 e. The van der Waals surface area contributed by atoms with Crippen molar-refractivity contribution in [2.24, 2.45) is 7.05 Å². The Bertz CT molecular complexity index is 782. The molecule has 1 aliphatic heterocycles. The molecule has 2 aromatic heterocycles. The fraction of sp³-hybridized carbons (Fsp3) is 0.500. The zero-order valence-electron chi connectivity index (χ0n) is 14.0. The second kappa shape index (κ2) is 8.19. The lowest BCUT2D eigenvalue weighted by atomic mass is 10.1. The van der Waals surface area contributed by atoms with Crippen molar-refractivity contribution in [1.29, 1.82) is 0 Å². The lowest BCUT2D eigenvalue weighted by Crippen LogP contribution is -2.38. The van der Waals surface area contributed by atoms with E-state index in [9.17, 15) is 9.59 Å². The highest BCUT2D eigenvalue weighted by Gasteiger charge is 2.17. The number of aromatic nitrogens is 3. The van der Waals surface area contributed by atoms with Crippen LogP contribution in [-0.2, 0) is 17.6 Å². The molecule has 1 amide bonds. The number of ether oxygens (including phenoxy) is 1. The molecule has 1 fully saturated rings. The average Bonchev–Trinajstić information content (AvgIpc) is 3.04. The van der Waals surface area contributed by atoms with Crippen LogP contribution in [-0.4, -0.2) is 45.3 Å². The normalized spacial score (nSPS) is 14.5. The Balaban J connectivity index is 1.53. The van der Waals surface area contributed by atoms with Crippen LogP contribution in [0.25, 0.3) is 0 Å². The van der Waals surface area contributed by atoms with Gasteiger partial charge < -0.3 is 18.6 Å². The third-order valence-electron chi connectivity index (χ3n) is 3.93. The number of thioether (sulfide) groups is 1. The van der Waals surface area contributed by atoms with Gasteiger partial charge in [-0.3, -0.25) is 9.59 Å². The molecule has 0 aromatic carbocycles. The quantitative estimate of drug-likeness (QED) is 0.717. The van der Waals surface area contributed by atoms with E-state index in [0.29, 0.717) is 11.5 Å². The van der Waals surface area contributed by atoms with Crippen LogP contribution < -0.4 is 10.2 Å². The first kappa shape index (κ1) is 17.5. The van der Waals surface area contributed by atoms with E-state index in [-0.39, 0.29) is 23.7 Å². The fourth-order valence-electron chi connectivity index (χ4n) is 2.53. The first-order valence-electron chi connectivity index (χ1n) is 8.12. The predicted octanol–water partition coefficient (Wildman–Crippen LogP) is 1.45. The number of likely N-dealkylation sites (tertiary alicyclic amines) is 1. The van der Waals surface area contributed by atoms with E-state index in [1.807, 2.05) is 7.05 Å². The van der Waals surface area contributed by atoms with Crippen LogP contribution in [0.5, 0.6) is 5.75 Å². The van der Waals surface area contributed by atoms with E-state index >= 15 is 0 Å². The van der Waals surface area contributed by atoms with Gasteiger partial charge in [-0.25, -0.2) is 0 Å². The summed E-state index contributed by atoms with van der Waals surface area (Å²) in [5.74, 6) is 0.917. The Labute approximate surface area is 149 Å². The molecule has 0 N–H and O–H groups in total. The van der Waals surface area contributed by atoms with Gasteiger partial charge in [-0.2, -0.15) is 0 Å². The van der Waals surface area contributed by atoms with Crippen LogP contribution in [0.2, 0.25) is 0 Å². The van der Waals surface area contributed by atoms with Crippen molar-refractivity contribution >= 4 is 17.7 Å². The van der Waals surface area contributed by atoms with Crippen molar-refractivity contribution in [2.75, 3.05) is 19.7 Å². The standard InChI is InChI=1S/C16H20N4O4S/c1-19-11-17-18-16(19)25-10-12-7-13(21)14(8-23-12)24-9-15(22)20-5-3-2-4-6-20/h7-8,11H,2-6,9-10H2,1H3. The van der Waals surface area contributed by atoms with Gasteiger partial charge in [0.25, 0.3) is 5.91 Å². The molecule has 1 saturated heterocycles. The highest BCUT2D eigenvalue weighted by Crippen LogP contribution is 2.20. The summed E-state index contributed by atoms with van der Waals surface area (Å²) in [6, 6.07) is 1.38. The van der Waals surface area contributed by atoms with E-state index in [1.54, 1.807) is 15.8 Å². The largest absolute Gasteiger partial charge is 0.477 e. The topological polar surface area (TPSA) is 90.5 Å². The number of hydrogen-bond acceptors (Lipinski definition) is 7. The zero-order chi connectivity index (χ0) is 17.6. The van der Waals surface area contributed by atoms with Crippen LogP contribution >= 0.6 is 11.8 Å². The summed E-state index contributed by atoms with van der Waals surface area (Å²) in [7, 11) is 1.84. The summed E-state index contributed by atoms with van der Waals surface area (Å²) in [5.41, 5.74) is -0.300. The smallest absolute Gasteiger partial charge is 0.260 e. The van der Waals surface area contributed by atoms with Gasteiger partial charge in [0.05, 0.1) is 5.75 Å². The number of carbonyl (C=O) groups is 1. The molecule has 1 aliphatic rings. The molecule has 8 nitrogen and oxygen atoms in total. The lowest BCUT2D eigenvalue weighted by Gasteiger charge is -2.26. The number of rotatable bonds is 6. The molecule has 3 rings (SSSR count). The molecule has 0 aliphatic carbocycles. The minimum atomic E-state index is -0.300. The molecule has 2 aromatic rings. The van der Waals surface area contributed by atoms with Crippen molar-refractivity contribution in [1.82, 2.24) is 19.7 Å². The highest BCUT2D eigenvalue weighted by molar-refractivity contribution is 7.98. The Hall–Kier alpha value is -2.29. The number of aryl methyl sites for hydroxylation is 1. The van der Waals surface area contributed by atoms with Gasteiger partial charge in [-0.1, -0.05) is 11.8 Å². The van der Waals surface area contributed by atoms with Crippen molar-refractivity contribution in [3.63, 3.8) is 0 Å². The SMILES string of the molecule is Cn1cnnc1SCc1cc(=O)c(OCC(=O)N2CCCCC2)co1. The van der Waals surface area contributed by atoms with Gasteiger partial charge in [0, 0.05) is 26.2 Å². The molecule has 0 bridgehead atoms. The maximum absolute atomic E-state index is 12.1. The number of piperidine rings is 1. The second-order valence-electron chi connectivity index (χ2n) is 5.82. The zero-order valence-corrected chi connectivity index (χ0v) is 14.8. The molecule has 0 unspecified atom stereocenters. The van der Waals surface area contributed by atoms with Gasteiger partial charge in [-0.15, -0.1) is 10.2 Å². The molecule has 134 valence electrons. The Morgan fingerprint density at radius 1 is 1.36 bits per heavy atom. The molecule has 9 heteroatoms. The molecule has 3 heterocycles. The summed E-state index contributed by atoms with van der Waals surface area (Å²) in [5, 5.41) is 8.47. The van der Waals surface area contributed by atoms with E-state index in [2.05, 4.69) is 10.2 Å². The van der Waals surface area contributed by atoms with Gasteiger partial charge in [0.1, 0.15) is 18.4 Å². The molecular weight excluding hydrogens is 344 g/mol. The Kier molecular flexibility index (Phi) is 5.75.